The van der Waals surface area contributed by atoms with Crippen LogP contribution in [0.3, 0.4) is 0 Å². The van der Waals surface area contributed by atoms with E-state index >= 15 is 0 Å². The van der Waals surface area contributed by atoms with Crippen LogP contribution < -0.4 is 5.73 Å². The molecule has 1 fully saturated rings. The first-order chi connectivity index (χ1) is 12.3. The van der Waals surface area contributed by atoms with E-state index in [9.17, 15) is 15.0 Å². The summed E-state index contributed by atoms with van der Waals surface area (Å²) in [6.45, 7) is 3.95. The summed E-state index contributed by atoms with van der Waals surface area (Å²) < 4.78 is 0. The highest BCUT2D eigenvalue weighted by atomic mass is 16.4. The lowest BCUT2D eigenvalue weighted by Crippen LogP contribution is -2.56. The van der Waals surface area contributed by atoms with Crippen molar-refractivity contribution < 1.29 is 15.0 Å². The molecule has 0 radical (unpaired) electrons. The van der Waals surface area contributed by atoms with E-state index in [4.69, 9.17) is 5.73 Å². The molecule has 1 aromatic heterocycles. The summed E-state index contributed by atoms with van der Waals surface area (Å²) >= 11 is 0. The largest absolute Gasteiger partial charge is 0.479 e. The van der Waals surface area contributed by atoms with Gasteiger partial charge in [-0.15, -0.1) is 0 Å². The molecular formula is C21H32N2O3. The Hall–Kier alpha value is -1.46. The van der Waals surface area contributed by atoms with Crippen molar-refractivity contribution in [3.05, 3.63) is 29.1 Å². The fourth-order valence-electron chi connectivity index (χ4n) is 4.34. The summed E-state index contributed by atoms with van der Waals surface area (Å²) in [5.74, 6) is 0.616. The topological polar surface area (TPSA) is 96.4 Å². The molecule has 0 saturated heterocycles. The van der Waals surface area contributed by atoms with E-state index in [1.807, 2.05) is 13.8 Å². The summed E-state index contributed by atoms with van der Waals surface area (Å²) in [6.07, 6.45) is 9.36. The smallest absolute Gasteiger partial charge is 0.337 e. The second-order valence-electron chi connectivity index (χ2n) is 8.83. The third-order valence-electron chi connectivity index (χ3n) is 6.06. The first-order valence-electron chi connectivity index (χ1n) is 9.96. The maximum Gasteiger partial charge on any atom is 0.337 e. The molecule has 3 rings (SSSR count). The number of fused-ring (bicyclic) bond motifs is 1. The van der Waals surface area contributed by atoms with Crippen LogP contribution in [0.2, 0.25) is 0 Å². The number of hydrogen-bond acceptors (Lipinski definition) is 4. The van der Waals surface area contributed by atoms with Crippen LogP contribution in [0.15, 0.2) is 12.3 Å². The molecule has 0 aliphatic heterocycles. The predicted octanol–water partition coefficient (Wildman–Crippen LogP) is 2.72. The molecule has 1 saturated carbocycles. The molecule has 5 heteroatoms. The summed E-state index contributed by atoms with van der Waals surface area (Å²) in [5, 5.41) is 20.5. The fraction of sp³-hybridized carbons (Fsp3) is 0.714. The molecule has 4 N–H and O–H groups in total. The van der Waals surface area contributed by atoms with E-state index < -0.39 is 17.6 Å². The molecule has 0 bridgehead atoms. The summed E-state index contributed by atoms with van der Waals surface area (Å²) in [7, 11) is 0. The predicted molar refractivity (Wildman–Crippen MR) is 101 cm³/mol. The highest BCUT2D eigenvalue weighted by Gasteiger charge is 2.44. The Labute approximate surface area is 156 Å². The summed E-state index contributed by atoms with van der Waals surface area (Å²) in [4.78, 5) is 16.3. The first kappa shape index (κ1) is 19.3. The molecule has 3 atom stereocenters. The van der Waals surface area contributed by atoms with E-state index in [1.54, 1.807) is 6.20 Å². The average Bonchev–Trinajstić information content (AvgIpc) is 3.38. The van der Waals surface area contributed by atoms with Gasteiger partial charge < -0.3 is 15.9 Å². The minimum atomic E-state index is -1.97. The number of carboxylic acid groups (broad SMARTS) is 1. The molecule has 2 aliphatic carbocycles. The number of nitrogens with zero attached hydrogens (tertiary/aromatic N) is 1. The van der Waals surface area contributed by atoms with E-state index in [0.717, 1.165) is 36.7 Å². The maximum atomic E-state index is 11.8. The first-order valence-corrected chi connectivity index (χ1v) is 9.96. The Morgan fingerprint density at radius 1 is 1.35 bits per heavy atom. The van der Waals surface area contributed by atoms with Gasteiger partial charge in [0.1, 0.15) is 0 Å². The van der Waals surface area contributed by atoms with Crippen LogP contribution in [0.25, 0.3) is 0 Å². The Morgan fingerprint density at radius 2 is 2.08 bits per heavy atom. The van der Waals surface area contributed by atoms with Crippen molar-refractivity contribution in [2.75, 3.05) is 0 Å². The minimum absolute atomic E-state index is 0.0211. The number of aromatic nitrogens is 1. The van der Waals surface area contributed by atoms with Gasteiger partial charge in [-0.3, -0.25) is 4.98 Å². The van der Waals surface area contributed by atoms with Gasteiger partial charge in [0.2, 0.25) is 0 Å². The molecule has 1 heterocycles. The van der Waals surface area contributed by atoms with Crippen molar-refractivity contribution in [2.45, 2.75) is 76.9 Å². The van der Waals surface area contributed by atoms with Crippen molar-refractivity contribution >= 4 is 5.97 Å². The highest BCUT2D eigenvalue weighted by molar-refractivity contribution is 5.78. The Balaban J connectivity index is 1.79. The van der Waals surface area contributed by atoms with Gasteiger partial charge in [-0.05, 0) is 67.1 Å². The molecule has 0 amide bonds. The van der Waals surface area contributed by atoms with Crippen LogP contribution in [0.1, 0.15) is 62.8 Å². The van der Waals surface area contributed by atoms with Crippen LogP contribution in [-0.2, 0) is 24.1 Å². The van der Waals surface area contributed by atoms with Crippen molar-refractivity contribution in [3.8, 4) is 0 Å². The summed E-state index contributed by atoms with van der Waals surface area (Å²) in [5.41, 5.74) is 7.24. The third-order valence-corrected chi connectivity index (χ3v) is 6.06. The lowest BCUT2D eigenvalue weighted by Gasteiger charge is -2.32. The zero-order valence-corrected chi connectivity index (χ0v) is 15.9. The van der Waals surface area contributed by atoms with Gasteiger partial charge >= 0.3 is 5.97 Å². The van der Waals surface area contributed by atoms with Gasteiger partial charge in [0, 0.05) is 24.4 Å². The number of carbonyl (C=O) groups is 1. The quantitative estimate of drug-likeness (QED) is 0.662. The van der Waals surface area contributed by atoms with Gasteiger partial charge in [0.05, 0.1) is 0 Å². The summed E-state index contributed by atoms with van der Waals surface area (Å²) in [6, 6.07) is 1.25. The fourth-order valence-corrected chi connectivity index (χ4v) is 4.34. The van der Waals surface area contributed by atoms with E-state index in [2.05, 4.69) is 11.1 Å². The van der Waals surface area contributed by atoms with Gasteiger partial charge in [-0.25, -0.2) is 4.79 Å². The SMILES string of the molecule is CC(C)C[C@H](N)[C@](O)(Cc1nccc2c1CCC(CC1CC1)C2)C(=O)O. The van der Waals surface area contributed by atoms with Crippen LogP contribution in [0.4, 0.5) is 0 Å². The number of aliphatic carboxylic acids is 1. The van der Waals surface area contributed by atoms with Crippen LogP contribution in [-0.4, -0.2) is 32.8 Å². The van der Waals surface area contributed by atoms with Gasteiger partial charge in [-0.1, -0.05) is 26.7 Å². The third kappa shape index (κ3) is 4.26. The Kier molecular flexibility index (Phi) is 5.68. The van der Waals surface area contributed by atoms with E-state index in [-0.39, 0.29) is 12.3 Å². The molecule has 1 unspecified atom stereocenters. The lowest BCUT2D eigenvalue weighted by molar-refractivity contribution is -0.161. The maximum absolute atomic E-state index is 11.8. The van der Waals surface area contributed by atoms with Crippen LogP contribution in [0, 0.1) is 17.8 Å². The molecule has 26 heavy (non-hydrogen) atoms. The normalized spacial score (nSPS) is 23.3. The highest BCUT2D eigenvalue weighted by Crippen LogP contribution is 2.40. The molecule has 0 spiro atoms. The zero-order valence-electron chi connectivity index (χ0n) is 15.9. The van der Waals surface area contributed by atoms with Gasteiger partial charge in [0.15, 0.2) is 5.60 Å². The molecule has 0 aromatic carbocycles. The zero-order chi connectivity index (χ0) is 18.9. The second-order valence-corrected chi connectivity index (χ2v) is 8.83. The molecule has 1 aromatic rings. The number of carboxylic acids is 1. The van der Waals surface area contributed by atoms with Crippen LogP contribution >= 0.6 is 0 Å². The number of aliphatic hydroxyl groups is 1. The van der Waals surface area contributed by atoms with E-state index in [0.29, 0.717) is 12.1 Å². The standard InChI is InChI=1S/C21H32N2O3/c1-13(2)9-19(22)21(26,20(24)25)12-18-17-6-5-15(10-14-3-4-14)11-16(17)7-8-23-18/h7-8,13-15,19,26H,3-6,9-12,22H2,1-2H3,(H,24,25)/t15?,19-,21+/m0/s1. The monoisotopic (exact) mass is 360 g/mol. The Morgan fingerprint density at radius 3 is 2.69 bits per heavy atom. The van der Waals surface area contributed by atoms with Gasteiger partial charge in [-0.2, -0.15) is 0 Å². The number of nitrogens with two attached hydrogens (primary N) is 1. The van der Waals surface area contributed by atoms with Crippen molar-refractivity contribution in [1.29, 1.82) is 0 Å². The molecule has 2 aliphatic rings. The molecular weight excluding hydrogens is 328 g/mol. The number of rotatable bonds is 8. The number of hydrogen-bond donors (Lipinski definition) is 3. The minimum Gasteiger partial charge on any atom is -0.479 e. The van der Waals surface area contributed by atoms with Gasteiger partial charge in [0.25, 0.3) is 0 Å². The Bertz CT molecular complexity index is 657. The molecule has 144 valence electrons. The molecule has 5 nitrogen and oxygen atoms in total. The lowest BCUT2D eigenvalue weighted by atomic mass is 9.78. The van der Waals surface area contributed by atoms with Crippen molar-refractivity contribution in [3.63, 3.8) is 0 Å². The number of pyridine rings is 1. The average molecular weight is 360 g/mol. The van der Waals surface area contributed by atoms with Crippen LogP contribution in [0.5, 0.6) is 0 Å². The van der Waals surface area contributed by atoms with Crippen molar-refractivity contribution in [1.82, 2.24) is 4.98 Å². The van der Waals surface area contributed by atoms with Crippen molar-refractivity contribution in [2.24, 2.45) is 23.5 Å². The second kappa shape index (κ2) is 7.65. The van der Waals surface area contributed by atoms with E-state index in [1.165, 1.54) is 24.8 Å².